The molecule has 1 aromatic carbocycles. The van der Waals surface area contributed by atoms with Crippen LogP contribution >= 0.6 is 0 Å². The van der Waals surface area contributed by atoms with Gasteiger partial charge in [-0.1, -0.05) is 18.2 Å². The van der Waals surface area contributed by atoms with Crippen LogP contribution in [0.4, 0.5) is 11.5 Å². The highest BCUT2D eigenvalue weighted by Gasteiger charge is 2.06. The molecule has 0 aliphatic rings. The third kappa shape index (κ3) is 2.43. The molecule has 3 nitrogen and oxygen atoms in total. The quantitative estimate of drug-likeness (QED) is 0.785. The molecular formula is C14H13N3. The van der Waals surface area contributed by atoms with E-state index in [0.717, 1.165) is 17.2 Å². The van der Waals surface area contributed by atoms with Gasteiger partial charge in [-0.3, -0.25) is 0 Å². The van der Waals surface area contributed by atoms with Gasteiger partial charge in [-0.15, -0.1) is 0 Å². The Labute approximate surface area is 101 Å². The van der Waals surface area contributed by atoms with Crippen molar-refractivity contribution in [1.82, 2.24) is 4.98 Å². The summed E-state index contributed by atoms with van der Waals surface area (Å²) in [6.45, 7) is 1.89. The zero-order chi connectivity index (χ0) is 12.3. The fourth-order valence-corrected chi connectivity index (χ4v) is 1.67. The van der Waals surface area contributed by atoms with Gasteiger partial charge in [-0.05, 0) is 31.2 Å². The second kappa shape index (κ2) is 4.67. The summed E-state index contributed by atoms with van der Waals surface area (Å²) in [7, 11) is 1.94. The van der Waals surface area contributed by atoms with Crippen molar-refractivity contribution in [2.45, 2.75) is 6.92 Å². The van der Waals surface area contributed by atoms with Crippen LogP contribution in [0.5, 0.6) is 0 Å². The third-order valence-electron chi connectivity index (χ3n) is 2.56. The molecule has 3 heteroatoms. The van der Waals surface area contributed by atoms with Gasteiger partial charge in [0.2, 0.25) is 0 Å². The summed E-state index contributed by atoms with van der Waals surface area (Å²) in [5.74, 6) is 0.785. The van der Waals surface area contributed by atoms with Crippen molar-refractivity contribution >= 4 is 11.5 Å². The summed E-state index contributed by atoms with van der Waals surface area (Å²) >= 11 is 0. The third-order valence-corrected chi connectivity index (χ3v) is 2.56. The molecule has 1 aromatic heterocycles. The molecule has 0 unspecified atom stereocenters. The highest BCUT2D eigenvalue weighted by atomic mass is 15.2. The van der Waals surface area contributed by atoms with E-state index in [4.69, 9.17) is 5.26 Å². The molecule has 0 fully saturated rings. The SMILES string of the molecule is Cc1cc(C#N)cc(N(C)c2ccccc2)n1. The molecule has 0 amide bonds. The lowest BCUT2D eigenvalue weighted by molar-refractivity contribution is 1.09. The number of para-hydroxylation sites is 1. The summed E-state index contributed by atoms with van der Waals surface area (Å²) in [6, 6.07) is 15.7. The highest BCUT2D eigenvalue weighted by molar-refractivity contribution is 5.60. The van der Waals surface area contributed by atoms with Crippen molar-refractivity contribution in [1.29, 1.82) is 5.26 Å². The molecular weight excluding hydrogens is 210 g/mol. The van der Waals surface area contributed by atoms with Gasteiger partial charge in [-0.25, -0.2) is 4.98 Å². The first-order valence-corrected chi connectivity index (χ1v) is 5.38. The summed E-state index contributed by atoms with van der Waals surface area (Å²) in [4.78, 5) is 6.40. The van der Waals surface area contributed by atoms with Gasteiger partial charge >= 0.3 is 0 Å². The van der Waals surface area contributed by atoms with Crippen molar-refractivity contribution in [2.75, 3.05) is 11.9 Å². The largest absolute Gasteiger partial charge is 0.329 e. The fraction of sp³-hybridized carbons (Fsp3) is 0.143. The van der Waals surface area contributed by atoms with Crippen molar-refractivity contribution < 1.29 is 0 Å². The van der Waals surface area contributed by atoms with Crippen molar-refractivity contribution in [3.63, 3.8) is 0 Å². The Morgan fingerprint density at radius 3 is 2.53 bits per heavy atom. The molecule has 1 heterocycles. The molecule has 0 saturated heterocycles. The molecule has 17 heavy (non-hydrogen) atoms. The van der Waals surface area contributed by atoms with E-state index in [2.05, 4.69) is 11.1 Å². The van der Waals surface area contributed by atoms with Crippen LogP contribution in [0.3, 0.4) is 0 Å². The van der Waals surface area contributed by atoms with E-state index >= 15 is 0 Å². The molecule has 84 valence electrons. The Morgan fingerprint density at radius 2 is 1.88 bits per heavy atom. The van der Waals surface area contributed by atoms with Gasteiger partial charge in [0.05, 0.1) is 11.6 Å². The van der Waals surface area contributed by atoms with Gasteiger partial charge in [0.1, 0.15) is 5.82 Å². The smallest absolute Gasteiger partial charge is 0.134 e. The predicted molar refractivity (Wildman–Crippen MR) is 68.2 cm³/mol. The monoisotopic (exact) mass is 223 g/mol. The van der Waals surface area contributed by atoms with Gasteiger partial charge < -0.3 is 4.90 Å². The minimum atomic E-state index is 0.635. The maximum absolute atomic E-state index is 8.94. The van der Waals surface area contributed by atoms with E-state index in [1.807, 2.05) is 49.2 Å². The van der Waals surface area contributed by atoms with Gasteiger partial charge in [0.15, 0.2) is 0 Å². The van der Waals surface area contributed by atoms with E-state index in [1.165, 1.54) is 0 Å². The second-order valence-electron chi connectivity index (χ2n) is 3.86. The first-order chi connectivity index (χ1) is 8.20. The maximum atomic E-state index is 8.94. The second-order valence-corrected chi connectivity index (χ2v) is 3.86. The first kappa shape index (κ1) is 11.2. The zero-order valence-corrected chi connectivity index (χ0v) is 9.88. The molecule has 0 atom stereocenters. The number of nitriles is 1. The average molecular weight is 223 g/mol. The summed E-state index contributed by atoms with van der Waals surface area (Å²) in [5, 5.41) is 8.94. The fourth-order valence-electron chi connectivity index (χ4n) is 1.67. The van der Waals surface area contributed by atoms with Crippen molar-refractivity contribution in [2.24, 2.45) is 0 Å². The number of rotatable bonds is 2. The molecule has 2 aromatic rings. The molecule has 0 aliphatic carbocycles. The number of benzene rings is 1. The lowest BCUT2D eigenvalue weighted by Crippen LogP contribution is -2.11. The summed E-state index contributed by atoms with van der Waals surface area (Å²) < 4.78 is 0. The Kier molecular flexibility index (Phi) is 3.06. The molecule has 0 spiro atoms. The number of nitrogens with zero attached hydrogens (tertiary/aromatic N) is 3. The normalized spacial score (nSPS) is 9.71. The van der Waals surface area contributed by atoms with Crippen LogP contribution in [0, 0.1) is 18.3 Å². The number of aromatic nitrogens is 1. The Hall–Kier alpha value is -2.34. The first-order valence-electron chi connectivity index (χ1n) is 5.38. The van der Waals surface area contributed by atoms with E-state index in [9.17, 15) is 0 Å². The highest BCUT2D eigenvalue weighted by Crippen LogP contribution is 2.22. The number of anilines is 2. The van der Waals surface area contributed by atoms with Crippen molar-refractivity contribution in [3.05, 3.63) is 53.7 Å². The van der Waals surface area contributed by atoms with E-state index in [1.54, 1.807) is 12.1 Å². The molecule has 0 aliphatic heterocycles. The molecule has 0 radical (unpaired) electrons. The zero-order valence-electron chi connectivity index (χ0n) is 9.88. The summed E-state index contributed by atoms with van der Waals surface area (Å²) in [6.07, 6.45) is 0. The van der Waals surface area contributed by atoms with Crippen LogP contribution in [0.25, 0.3) is 0 Å². The van der Waals surface area contributed by atoms with E-state index < -0.39 is 0 Å². The standard InChI is InChI=1S/C14H13N3/c1-11-8-12(10-15)9-14(16-11)17(2)13-6-4-3-5-7-13/h3-9H,1-2H3. The van der Waals surface area contributed by atoms with Crippen LogP contribution in [0.15, 0.2) is 42.5 Å². The maximum Gasteiger partial charge on any atom is 0.134 e. The van der Waals surface area contributed by atoms with E-state index in [0.29, 0.717) is 5.56 Å². The van der Waals surface area contributed by atoms with Crippen LogP contribution < -0.4 is 4.90 Å². The van der Waals surface area contributed by atoms with Crippen LogP contribution in [0.2, 0.25) is 0 Å². The number of aryl methyl sites for hydroxylation is 1. The molecule has 0 saturated carbocycles. The summed E-state index contributed by atoms with van der Waals surface area (Å²) in [5.41, 5.74) is 2.53. The molecule has 0 N–H and O–H groups in total. The van der Waals surface area contributed by atoms with Crippen molar-refractivity contribution in [3.8, 4) is 6.07 Å². The lowest BCUT2D eigenvalue weighted by Gasteiger charge is -2.18. The predicted octanol–water partition coefficient (Wildman–Crippen LogP) is 3.03. The Bertz CT molecular complexity index is 555. The van der Waals surface area contributed by atoms with Gasteiger partial charge in [0.25, 0.3) is 0 Å². The van der Waals surface area contributed by atoms with Crippen LogP contribution in [-0.2, 0) is 0 Å². The minimum absolute atomic E-state index is 0.635. The van der Waals surface area contributed by atoms with E-state index in [-0.39, 0.29) is 0 Å². The van der Waals surface area contributed by atoms with Gasteiger partial charge in [0, 0.05) is 18.4 Å². The number of hydrogen-bond acceptors (Lipinski definition) is 3. The number of pyridine rings is 1. The molecule has 0 bridgehead atoms. The van der Waals surface area contributed by atoms with Gasteiger partial charge in [-0.2, -0.15) is 5.26 Å². The Balaban J connectivity index is 2.41. The average Bonchev–Trinajstić information content (AvgIpc) is 2.38. The van der Waals surface area contributed by atoms with Crippen LogP contribution in [0.1, 0.15) is 11.3 Å². The van der Waals surface area contributed by atoms with Crippen LogP contribution in [-0.4, -0.2) is 12.0 Å². The topological polar surface area (TPSA) is 39.9 Å². The lowest BCUT2D eigenvalue weighted by atomic mass is 10.2. The number of hydrogen-bond donors (Lipinski definition) is 0. The Morgan fingerprint density at radius 1 is 1.18 bits per heavy atom. The molecule has 2 rings (SSSR count). The minimum Gasteiger partial charge on any atom is -0.329 e.